The summed E-state index contributed by atoms with van der Waals surface area (Å²) in [4.78, 5) is 31.1. The van der Waals surface area contributed by atoms with Crippen molar-refractivity contribution in [1.29, 1.82) is 0 Å². The number of amides is 1. The number of carbonyl (C=O) groups excluding carboxylic acids is 2. The summed E-state index contributed by atoms with van der Waals surface area (Å²) >= 11 is 0. The first kappa shape index (κ1) is 21.7. The molecule has 1 aliphatic carbocycles. The second kappa shape index (κ2) is 10.2. The van der Waals surface area contributed by atoms with Crippen molar-refractivity contribution in [3.8, 4) is 0 Å². The third kappa shape index (κ3) is 5.59. The van der Waals surface area contributed by atoms with Crippen LogP contribution in [0.15, 0.2) is 42.6 Å². The highest BCUT2D eigenvalue weighted by atomic mass is 16.3. The van der Waals surface area contributed by atoms with Crippen molar-refractivity contribution in [2.24, 2.45) is 5.92 Å². The molecule has 0 spiro atoms. The zero-order chi connectivity index (χ0) is 21.6. The molecule has 31 heavy (non-hydrogen) atoms. The van der Waals surface area contributed by atoms with Gasteiger partial charge in [-0.1, -0.05) is 24.3 Å². The number of hydrogen-bond acceptors (Lipinski definition) is 4. The molecule has 0 unspecified atom stereocenters. The summed E-state index contributed by atoms with van der Waals surface area (Å²) in [5.74, 6) is 0.511. The summed E-state index contributed by atoms with van der Waals surface area (Å²) in [6.45, 7) is 1.57. The van der Waals surface area contributed by atoms with Crippen LogP contribution in [0.5, 0.6) is 0 Å². The molecule has 4 rings (SSSR count). The van der Waals surface area contributed by atoms with Crippen molar-refractivity contribution in [2.45, 2.75) is 63.9 Å². The van der Waals surface area contributed by atoms with Crippen LogP contribution in [0.4, 0.5) is 0 Å². The lowest BCUT2D eigenvalue weighted by atomic mass is 9.95. The van der Waals surface area contributed by atoms with Crippen LogP contribution in [0.1, 0.15) is 76.9 Å². The Hall–Kier alpha value is -2.53. The van der Waals surface area contributed by atoms with Gasteiger partial charge in [-0.3, -0.25) is 14.6 Å². The normalized spacial score (nSPS) is 17.4. The molecule has 1 aromatic heterocycles. The van der Waals surface area contributed by atoms with Crippen molar-refractivity contribution in [3.63, 3.8) is 0 Å². The Bertz CT molecular complexity index is 878. The van der Waals surface area contributed by atoms with Gasteiger partial charge in [-0.25, -0.2) is 0 Å². The largest absolute Gasteiger partial charge is 0.393 e. The summed E-state index contributed by atoms with van der Waals surface area (Å²) in [6.07, 6.45) is 8.96. The fourth-order valence-corrected chi connectivity index (χ4v) is 4.81. The van der Waals surface area contributed by atoms with E-state index in [2.05, 4.69) is 29.2 Å². The maximum absolute atomic E-state index is 12.5. The molecule has 0 bridgehead atoms. The van der Waals surface area contributed by atoms with E-state index in [9.17, 15) is 14.7 Å². The van der Waals surface area contributed by atoms with Gasteiger partial charge in [0.1, 0.15) is 5.69 Å². The molecule has 164 valence electrons. The molecule has 1 N–H and O–H groups in total. The Morgan fingerprint density at radius 2 is 1.71 bits per heavy atom. The average Bonchev–Trinajstić information content (AvgIpc) is 3.24. The highest BCUT2D eigenvalue weighted by molar-refractivity contribution is 5.97. The number of likely N-dealkylation sites (tertiary alicyclic amines) is 1. The van der Waals surface area contributed by atoms with Gasteiger partial charge in [-0.2, -0.15) is 0 Å². The molecular weight excluding hydrogens is 388 g/mol. The lowest BCUT2D eigenvalue weighted by molar-refractivity contribution is 0.0717. The number of aliphatic hydroxyl groups excluding tert-OH is 1. The highest BCUT2D eigenvalue weighted by Gasteiger charge is 2.22. The van der Waals surface area contributed by atoms with Gasteiger partial charge in [-0.05, 0) is 80.5 Å². The van der Waals surface area contributed by atoms with Crippen LogP contribution in [-0.2, 0) is 12.8 Å². The maximum atomic E-state index is 12.5. The van der Waals surface area contributed by atoms with E-state index in [1.165, 1.54) is 23.7 Å². The Morgan fingerprint density at radius 3 is 2.35 bits per heavy atom. The van der Waals surface area contributed by atoms with Gasteiger partial charge in [0, 0.05) is 31.3 Å². The molecule has 1 saturated heterocycles. The number of rotatable bonds is 8. The third-order valence-electron chi connectivity index (χ3n) is 6.70. The minimum atomic E-state index is -0.458. The molecule has 0 radical (unpaired) electrons. The van der Waals surface area contributed by atoms with Crippen LogP contribution < -0.4 is 0 Å². The van der Waals surface area contributed by atoms with E-state index >= 15 is 0 Å². The van der Waals surface area contributed by atoms with Crippen LogP contribution in [0.3, 0.4) is 0 Å². The molecular formula is C26H32N2O3. The first-order valence-electron chi connectivity index (χ1n) is 11.6. The van der Waals surface area contributed by atoms with Gasteiger partial charge in [0.2, 0.25) is 0 Å². The van der Waals surface area contributed by atoms with Crippen molar-refractivity contribution < 1.29 is 14.7 Å². The van der Waals surface area contributed by atoms with E-state index in [1.54, 1.807) is 12.1 Å². The lowest BCUT2D eigenvalue weighted by Crippen LogP contribution is -2.36. The maximum Gasteiger partial charge on any atom is 0.272 e. The molecule has 1 fully saturated rings. The SMILES string of the molecule is O=C(CC[C@@H](O)CCC1Cc2ccccc2C1)c1ccc(C(=O)N2CCCCC2)nc1. The van der Waals surface area contributed by atoms with E-state index in [1.807, 2.05) is 4.90 Å². The minimum absolute atomic E-state index is 0.0307. The molecule has 0 saturated carbocycles. The van der Waals surface area contributed by atoms with Crippen LogP contribution in [-0.4, -0.2) is 45.9 Å². The molecule has 1 aromatic carbocycles. The monoisotopic (exact) mass is 420 g/mol. The Kier molecular flexibility index (Phi) is 7.13. The van der Waals surface area contributed by atoms with Crippen molar-refractivity contribution in [1.82, 2.24) is 9.88 Å². The smallest absolute Gasteiger partial charge is 0.272 e. The van der Waals surface area contributed by atoms with E-state index < -0.39 is 6.10 Å². The summed E-state index contributed by atoms with van der Waals surface area (Å²) in [7, 11) is 0. The minimum Gasteiger partial charge on any atom is -0.393 e. The molecule has 1 atom stereocenters. The van der Waals surface area contributed by atoms with Crippen LogP contribution in [0.25, 0.3) is 0 Å². The lowest BCUT2D eigenvalue weighted by Gasteiger charge is -2.26. The van der Waals surface area contributed by atoms with Gasteiger partial charge in [0.15, 0.2) is 5.78 Å². The number of carbonyl (C=O) groups is 2. The van der Waals surface area contributed by atoms with Crippen LogP contribution in [0.2, 0.25) is 0 Å². The second-order valence-corrected chi connectivity index (χ2v) is 9.02. The average molecular weight is 421 g/mol. The summed E-state index contributed by atoms with van der Waals surface area (Å²) < 4.78 is 0. The standard InChI is InChI=1S/C26H32N2O3/c29-23(10-8-19-16-20-6-2-3-7-21(20)17-19)11-13-25(30)22-9-12-24(27-18-22)26(31)28-14-4-1-5-15-28/h2-3,6-7,9,12,18-19,23,29H,1,4-5,8,10-11,13-17H2/t23-/m0/s1. The number of aliphatic hydroxyl groups is 1. The summed E-state index contributed by atoms with van der Waals surface area (Å²) in [6, 6.07) is 11.9. The Labute approximate surface area is 184 Å². The summed E-state index contributed by atoms with van der Waals surface area (Å²) in [5, 5.41) is 10.4. The van der Waals surface area contributed by atoms with E-state index in [-0.39, 0.29) is 11.7 Å². The first-order valence-corrected chi connectivity index (χ1v) is 11.6. The molecule has 2 aromatic rings. The number of benzene rings is 1. The molecule has 1 aliphatic heterocycles. The van der Waals surface area contributed by atoms with Gasteiger partial charge >= 0.3 is 0 Å². The molecule has 2 aliphatic rings. The zero-order valence-electron chi connectivity index (χ0n) is 18.1. The number of hydrogen-bond donors (Lipinski definition) is 1. The molecule has 2 heterocycles. The predicted molar refractivity (Wildman–Crippen MR) is 120 cm³/mol. The van der Waals surface area contributed by atoms with Crippen LogP contribution >= 0.6 is 0 Å². The number of piperidine rings is 1. The Balaban J connectivity index is 1.20. The molecule has 1 amide bonds. The predicted octanol–water partition coefficient (Wildman–Crippen LogP) is 4.23. The van der Waals surface area contributed by atoms with Crippen molar-refractivity contribution in [2.75, 3.05) is 13.1 Å². The zero-order valence-corrected chi connectivity index (χ0v) is 18.1. The quantitative estimate of drug-likeness (QED) is 0.649. The van der Waals surface area contributed by atoms with Crippen molar-refractivity contribution in [3.05, 3.63) is 65.0 Å². The van der Waals surface area contributed by atoms with E-state index in [4.69, 9.17) is 0 Å². The topological polar surface area (TPSA) is 70.5 Å². The van der Waals surface area contributed by atoms with Gasteiger partial charge in [-0.15, -0.1) is 0 Å². The number of pyridine rings is 1. The van der Waals surface area contributed by atoms with E-state index in [0.29, 0.717) is 30.0 Å². The number of Topliss-reactive ketones (excluding diaryl/α,β-unsaturated/α-hetero) is 1. The molecule has 5 heteroatoms. The Morgan fingerprint density at radius 1 is 1.00 bits per heavy atom. The highest BCUT2D eigenvalue weighted by Crippen LogP contribution is 2.30. The third-order valence-corrected chi connectivity index (χ3v) is 6.70. The number of fused-ring (bicyclic) bond motifs is 1. The van der Waals surface area contributed by atoms with Crippen LogP contribution in [0, 0.1) is 5.92 Å². The van der Waals surface area contributed by atoms with Gasteiger partial charge < -0.3 is 10.0 Å². The molecule has 5 nitrogen and oxygen atoms in total. The van der Waals surface area contributed by atoms with Gasteiger partial charge in [0.25, 0.3) is 5.91 Å². The first-order chi connectivity index (χ1) is 15.1. The van der Waals surface area contributed by atoms with E-state index in [0.717, 1.165) is 51.6 Å². The fourth-order valence-electron chi connectivity index (χ4n) is 4.81. The number of aromatic nitrogens is 1. The number of ketones is 1. The number of nitrogens with zero attached hydrogens (tertiary/aromatic N) is 2. The summed E-state index contributed by atoms with van der Waals surface area (Å²) in [5.41, 5.74) is 3.78. The van der Waals surface area contributed by atoms with Gasteiger partial charge in [0.05, 0.1) is 6.10 Å². The fraction of sp³-hybridized carbons (Fsp3) is 0.500. The second-order valence-electron chi connectivity index (χ2n) is 9.02. The van der Waals surface area contributed by atoms with Crippen molar-refractivity contribution >= 4 is 11.7 Å².